The highest BCUT2D eigenvalue weighted by Crippen LogP contribution is 2.24. The van der Waals surface area contributed by atoms with Gasteiger partial charge in [0.1, 0.15) is 0 Å². The molecule has 0 spiro atoms. The molecule has 0 aliphatic carbocycles. The van der Waals surface area contributed by atoms with Gasteiger partial charge in [-0.15, -0.1) is 0 Å². The summed E-state index contributed by atoms with van der Waals surface area (Å²) in [6.07, 6.45) is 0. The number of Topliss-reactive ketones (excluding diaryl/α,β-unsaturated/α-hetero) is 1. The second kappa shape index (κ2) is 8.02. The predicted octanol–water partition coefficient (Wildman–Crippen LogP) is 1.83. The standard InChI is InChI=1S/C15H17NO7/c1-4-22-14(18)12(15(19)23-5-2)13(17)10-7-6-8-11(9(10)3)16(20)21/h6-8,12H,4-5H2,1-3H3. The van der Waals surface area contributed by atoms with Gasteiger partial charge in [-0.25, -0.2) is 0 Å². The summed E-state index contributed by atoms with van der Waals surface area (Å²) in [5.41, 5.74) is -0.297. The van der Waals surface area contributed by atoms with E-state index in [-0.39, 0.29) is 30.0 Å². The van der Waals surface area contributed by atoms with E-state index in [1.807, 2.05) is 0 Å². The number of hydrogen-bond donors (Lipinski definition) is 0. The lowest BCUT2D eigenvalue weighted by atomic mass is 9.93. The summed E-state index contributed by atoms with van der Waals surface area (Å²) < 4.78 is 9.47. The van der Waals surface area contributed by atoms with Gasteiger partial charge in [-0.05, 0) is 20.8 Å². The van der Waals surface area contributed by atoms with Crippen LogP contribution in [0.3, 0.4) is 0 Å². The van der Waals surface area contributed by atoms with Crippen LogP contribution in [0, 0.1) is 23.0 Å². The van der Waals surface area contributed by atoms with Crippen LogP contribution < -0.4 is 0 Å². The number of ether oxygens (including phenoxy) is 2. The van der Waals surface area contributed by atoms with Crippen LogP contribution in [0.1, 0.15) is 29.8 Å². The second-order valence-corrected chi connectivity index (χ2v) is 4.51. The van der Waals surface area contributed by atoms with Crippen molar-refractivity contribution in [1.29, 1.82) is 0 Å². The van der Waals surface area contributed by atoms with Gasteiger partial charge >= 0.3 is 11.9 Å². The van der Waals surface area contributed by atoms with E-state index >= 15 is 0 Å². The summed E-state index contributed by atoms with van der Waals surface area (Å²) in [6, 6.07) is 3.86. The van der Waals surface area contributed by atoms with E-state index in [9.17, 15) is 24.5 Å². The molecule has 0 fully saturated rings. The number of nitro groups is 1. The maximum absolute atomic E-state index is 12.5. The number of nitro benzene ring substituents is 1. The SMILES string of the molecule is CCOC(=O)C(C(=O)OCC)C(=O)c1cccc([N+](=O)[O-])c1C. The fourth-order valence-electron chi connectivity index (χ4n) is 2.01. The summed E-state index contributed by atoms with van der Waals surface area (Å²) in [5, 5.41) is 11.0. The maximum atomic E-state index is 12.5. The number of esters is 2. The first-order chi connectivity index (χ1) is 10.8. The molecule has 0 aromatic heterocycles. The van der Waals surface area contributed by atoms with Gasteiger partial charge in [0, 0.05) is 17.2 Å². The number of hydrogen-bond acceptors (Lipinski definition) is 7. The van der Waals surface area contributed by atoms with E-state index < -0.39 is 28.6 Å². The highest BCUT2D eigenvalue weighted by Gasteiger charge is 2.38. The van der Waals surface area contributed by atoms with Crippen molar-refractivity contribution in [3.63, 3.8) is 0 Å². The number of nitrogens with zero attached hydrogens (tertiary/aromatic N) is 1. The Labute approximate surface area is 132 Å². The van der Waals surface area contributed by atoms with Crippen LogP contribution >= 0.6 is 0 Å². The van der Waals surface area contributed by atoms with Crippen molar-refractivity contribution in [2.75, 3.05) is 13.2 Å². The summed E-state index contributed by atoms with van der Waals surface area (Å²) >= 11 is 0. The zero-order chi connectivity index (χ0) is 17.6. The third kappa shape index (κ3) is 4.12. The van der Waals surface area contributed by atoms with Crippen LogP contribution in [0.15, 0.2) is 18.2 Å². The third-order valence-electron chi connectivity index (χ3n) is 3.07. The van der Waals surface area contributed by atoms with Crippen molar-refractivity contribution in [2.24, 2.45) is 5.92 Å². The zero-order valence-corrected chi connectivity index (χ0v) is 13.0. The number of ketones is 1. The highest BCUT2D eigenvalue weighted by atomic mass is 16.6. The van der Waals surface area contributed by atoms with Gasteiger partial charge in [-0.2, -0.15) is 0 Å². The number of carbonyl (C=O) groups excluding carboxylic acids is 3. The first-order valence-corrected chi connectivity index (χ1v) is 6.96. The Morgan fingerprint density at radius 2 is 1.65 bits per heavy atom. The number of carbonyl (C=O) groups is 3. The molecule has 0 bridgehead atoms. The Morgan fingerprint density at radius 1 is 1.13 bits per heavy atom. The minimum absolute atomic E-state index is 0.0179. The molecule has 1 rings (SSSR count). The summed E-state index contributed by atoms with van der Waals surface area (Å²) in [4.78, 5) is 46.7. The summed E-state index contributed by atoms with van der Waals surface area (Å²) in [5.74, 6) is -4.76. The summed E-state index contributed by atoms with van der Waals surface area (Å²) in [6.45, 7) is 4.40. The van der Waals surface area contributed by atoms with Crippen LogP contribution in [0.2, 0.25) is 0 Å². The Hall–Kier alpha value is -2.77. The zero-order valence-electron chi connectivity index (χ0n) is 13.0. The molecule has 0 unspecified atom stereocenters. The predicted molar refractivity (Wildman–Crippen MR) is 78.9 cm³/mol. The molecule has 0 N–H and O–H groups in total. The molecule has 23 heavy (non-hydrogen) atoms. The molecule has 1 aromatic carbocycles. The van der Waals surface area contributed by atoms with E-state index in [2.05, 4.69) is 0 Å². The van der Waals surface area contributed by atoms with E-state index in [1.165, 1.54) is 39.0 Å². The van der Waals surface area contributed by atoms with Crippen molar-refractivity contribution in [3.8, 4) is 0 Å². The van der Waals surface area contributed by atoms with Crippen LogP contribution in [0.4, 0.5) is 5.69 Å². The molecule has 124 valence electrons. The molecule has 1 aromatic rings. The maximum Gasteiger partial charge on any atom is 0.328 e. The monoisotopic (exact) mass is 323 g/mol. The molecule has 0 aliphatic rings. The third-order valence-corrected chi connectivity index (χ3v) is 3.07. The lowest BCUT2D eigenvalue weighted by Crippen LogP contribution is -2.35. The molecular weight excluding hydrogens is 306 g/mol. The number of benzene rings is 1. The Bertz CT molecular complexity index is 621. The van der Waals surface area contributed by atoms with Crippen molar-refractivity contribution < 1.29 is 28.8 Å². The van der Waals surface area contributed by atoms with E-state index in [0.717, 1.165) is 0 Å². The molecule has 8 nitrogen and oxygen atoms in total. The van der Waals surface area contributed by atoms with Gasteiger partial charge in [-0.1, -0.05) is 12.1 Å². The molecular formula is C15H17NO7. The van der Waals surface area contributed by atoms with E-state index in [1.54, 1.807) is 0 Å². The average molecular weight is 323 g/mol. The fraction of sp³-hybridized carbons (Fsp3) is 0.400. The second-order valence-electron chi connectivity index (χ2n) is 4.51. The molecule has 0 amide bonds. The van der Waals surface area contributed by atoms with E-state index in [4.69, 9.17) is 9.47 Å². The van der Waals surface area contributed by atoms with Crippen LogP contribution in [-0.4, -0.2) is 35.9 Å². The van der Waals surface area contributed by atoms with Crippen molar-refractivity contribution in [1.82, 2.24) is 0 Å². The fourth-order valence-corrected chi connectivity index (χ4v) is 2.01. The number of rotatable bonds is 7. The normalized spacial score (nSPS) is 10.3. The molecule has 0 saturated heterocycles. The van der Waals surface area contributed by atoms with E-state index in [0.29, 0.717) is 0 Å². The van der Waals surface area contributed by atoms with Crippen LogP contribution in [-0.2, 0) is 19.1 Å². The molecule has 0 heterocycles. The lowest BCUT2D eigenvalue weighted by molar-refractivity contribution is -0.385. The minimum Gasteiger partial charge on any atom is -0.465 e. The van der Waals surface area contributed by atoms with Gasteiger partial charge in [-0.3, -0.25) is 24.5 Å². The van der Waals surface area contributed by atoms with Crippen molar-refractivity contribution in [3.05, 3.63) is 39.4 Å². The van der Waals surface area contributed by atoms with Gasteiger partial charge < -0.3 is 9.47 Å². The van der Waals surface area contributed by atoms with Gasteiger partial charge in [0.2, 0.25) is 5.92 Å². The molecule has 0 aliphatic heterocycles. The quantitative estimate of drug-likeness (QED) is 0.247. The van der Waals surface area contributed by atoms with Gasteiger partial charge in [0.15, 0.2) is 5.78 Å². The lowest BCUT2D eigenvalue weighted by Gasteiger charge is -2.14. The minimum atomic E-state index is -1.80. The van der Waals surface area contributed by atoms with Crippen molar-refractivity contribution in [2.45, 2.75) is 20.8 Å². The van der Waals surface area contributed by atoms with Crippen LogP contribution in [0.5, 0.6) is 0 Å². The Kier molecular flexibility index (Phi) is 6.37. The summed E-state index contributed by atoms with van der Waals surface area (Å²) in [7, 11) is 0. The largest absolute Gasteiger partial charge is 0.465 e. The van der Waals surface area contributed by atoms with Gasteiger partial charge in [0.05, 0.1) is 18.1 Å². The molecule has 8 heteroatoms. The van der Waals surface area contributed by atoms with Crippen LogP contribution in [0.25, 0.3) is 0 Å². The molecule has 0 saturated carbocycles. The average Bonchev–Trinajstić information content (AvgIpc) is 2.47. The van der Waals surface area contributed by atoms with Gasteiger partial charge in [0.25, 0.3) is 5.69 Å². The topological polar surface area (TPSA) is 113 Å². The van der Waals surface area contributed by atoms with Crippen molar-refractivity contribution >= 4 is 23.4 Å². The molecule has 0 atom stereocenters. The highest BCUT2D eigenvalue weighted by molar-refractivity contribution is 6.21. The first-order valence-electron chi connectivity index (χ1n) is 6.96. The molecule has 0 radical (unpaired) electrons. The first kappa shape index (κ1) is 18.3. The Balaban J connectivity index is 3.30. The Morgan fingerprint density at radius 3 is 2.09 bits per heavy atom. The smallest absolute Gasteiger partial charge is 0.328 e.